The van der Waals surface area contributed by atoms with Crippen LogP contribution < -0.4 is 5.73 Å². The lowest BCUT2D eigenvalue weighted by atomic mass is 9.82. The number of ketones is 2. The number of benzene rings is 2. The first-order valence-corrected chi connectivity index (χ1v) is 9.70. The number of rotatable bonds is 2. The number of carboxylic acid groups (broad SMARTS) is 1. The SMILES string of the molecule is N[C@@H]1[C@@H](O)[C@H](O)[C@@H](CO)O[C@H]1O.O=C(O)c1cc(O)c2c(c1)C(=O)c1cc(O)cc(O)c1C2=O. The van der Waals surface area contributed by atoms with Crippen molar-refractivity contribution in [2.24, 2.45) is 5.73 Å². The maximum absolute atomic E-state index is 12.4. The molecule has 10 N–H and O–H groups in total. The number of ether oxygens (including phenoxy) is 1. The maximum atomic E-state index is 12.4. The van der Waals surface area contributed by atoms with Crippen molar-refractivity contribution in [3.63, 3.8) is 0 Å². The molecule has 182 valence electrons. The molecule has 4 rings (SSSR count). The second-order valence-electron chi connectivity index (χ2n) is 7.57. The standard InChI is InChI=1S/C15H8O7.C6H13NO5/c16-6-3-8-12(10(18)4-6)14(20)11-7(13(8)19)1-5(15(21)22)2-9(11)17;7-3-5(10)4(9)2(1-8)12-6(3)11/h1-4,16-18H,(H,21,22);2-6,8-11H,1,7H2/t;2-,3-,4-,5-,6-/m.1/s1. The van der Waals surface area contributed by atoms with Crippen LogP contribution in [0.3, 0.4) is 0 Å². The van der Waals surface area contributed by atoms with Crippen LogP contribution in [0.25, 0.3) is 0 Å². The third-order valence-electron chi connectivity index (χ3n) is 5.36. The fourth-order valence-corrected chi connectivity index (χ4v) is 3.59. The zero-order valence-electron chi connectivity index (χ0n) is 17.2. The fourth-order valence-electron chi connectivity index (χ4n) is 3.59. The molecular formula is C21H21NO12. The van der Waals surface area contributed by atoms with Crippen LogP contribution in [-0.2, 0) is 4.74 Å². The average molecular weight is 479 g/mol. The monoisotopic (exact) mass is 479 g/mol. The van der Waals surface area contributed by atoms with E-state index in [9.17, 15) is 39.9 Å². The Hall–Kier alpha value is -3.59. The molecule has 13 heteroatoms. The van der Waals surface area contributed by atoms with Crippen LogP contribution >= 0.6 is 0 Å². The van der Waals surface area contributed by atoms with E-state index >= 15 is 0 Å². The Morgan fingerprint density at radius 1 is 0.882 bits per heavy atom. The van der Waals surface area contributed by atoms with E-state index in [1.165, 1.54) is 0 Å². The topological polar surface area (TPSA) is 248 Å². The van der Waals surface area contributed by atoms with E-state index in [2.05, 4.69) is 0 Å². The molecule has 2 aromatic rings. The molecule has 0 unspecified atom stereocenters. The smallest absolute Gasteiger partial charge is 0.335 e. The minimum Gasteiger partial charge on any atom is -0.508 e. The summed E-state index contributed by atoms with van der Waals surface area (Å²) in [5, 5.41) is 74.1. The Labute approximate surface area is 190 Å². The highest BCUT2D eigenvalue weighted by atomic mass is 16.6. The number of hydrogen-bond acceptors (Lipinski definition) is 12. The van der Waals surface area contributed by atoms with E-state index in [1.807, 2.05) is 0 Å². The zero-order valence-corrected chi connectivity index (χ0v) is 17.2. The minimum absolute atomic E-state index is 0.253. The lowest BCUT2D eigenvalue weighted by Gasteiger charge is -2.38. The van der Waals surface area contributed by atoms with E-state index < -0.39 is 72.0 Å². The Balaban J connectivity index is 0.000000229. The lowest BCUT2D eigenvalue weighted by molar-refractivity contribution is -0.248. The highest BCUT2D eigenvalue weighted by Crippen LogP contribution is 2.39. The van der Waals surface area contributed by atoms with Crippen molar-refractivity contribution in [3.8, 4) is 17.2 Å². The van der Waals surface area contributed by atoms with Crippen LogP contribution in [0.2, 0.25) is 0 Å². The van der Waals surface area contributed by atoms with Gasteiger partial charge in [-0.25, -0.2) is 4.79 Å². The van der Waals surface area contributed by atoms with Crippen molar-refractivity contribution >= 4 is 17.5 Å². The van der Waals surface area contributed by atoms with Crippen LogP contribution in [0.5, 0.6) is 17.2 Å². The maximum Gasteiger partial charge on any atom is 0.335 e. The van der Waals surface area contributed by atoms with Crippen molar-refractivity contribution in [2.45, 2.75) is 30.6 Å². The van der Waals surface area contributed by atoms with Gasteiger partial charge in [-0.2, -0.15) is 0 Å². The quantitative estimate of drug-likeness (QED) is 0.193. The van der Waals surface area contributed by atoms with Gasteiger partial charge in [0.25, 0.3) is 0 Å². The van der Waals surface area contributed by atoms with Gasteiger partial charge in [0.05, 0.1) is 29.3 Å². The van der Waals surface area contributed by atoms with Gasteiger partial charge in [-0.05, 0) is 18.2 Å². The van der Waals surface area contributed by atoms with Gasteiger partial charge in [0.2, 0.25) is 5.78 Å². The number of hydrogen-bond donors (Lipinski definition) is 9. The summed E-state index contributed by atoms with van der Waals surface area (Å²) in [4.78, 5) is 35.8. The number of aromatic hydroxyl groups is 3. The molecule has 1 heterocycles. The lowest BCUT2D eigenvalue weighted by Crippen LogP contribution is -2.61. The van der Waals surface area contributed by atoms with E-state index in [0.717, 1.165) is 24.3 Å². The second kappa shape index (κ2) is 9.34. The predicted molar refractivity (Wildman–Crippen MR) is 110 cm³/mol. The molecule has 0 spiro atoms. The molecule has 13 nitrogen and oxygen atoms in total. The first-order valence-electron chi connectivity index (χ1n) is 9.70. The molecular weight excluding hydrogens is 458 g/mol. The molecule has 1 aliphatic carbocycles. The predicted octanol–water partition coefficient (Wildman–Crippen LogP) is -1.98. The summed E-state index contributed by atoms with van der Waals surface area (Å²) in [5.41, 5.74) is 3.65. The molecule has 0 aromatic heterocycles. The summed E-state index contributed by atoms with van der Waals surface area (Å²) in [7, 11) is 0. The Bertz CT molecular complexity index is 1160. The molecule has 5 atom stereocenters. The number of carboxylic acids is 1. The van der Waals surface area contributed by atoms with Crippen molar-refractivity contribution in [3.05, 3.63) is 52.1 Å². The first kappa shape index (κ1) is 25.0. The van der Waals surface area contributed by atoms with E-state index in [0.29, 0.717) is 0 Å². The zero-order chi connectivity index (χ0) is 25.5. The number of fused-ring (bicyclic) bond motifs is 2. The van der Waals surface area contributed by atoms with Gasteiger partial charge in [-0.15, -0.1) is 0 Å². The van der Waals surface area contributed by atoms with Crippen LogP contribution in [-0.4, -0.2) is 95.6 Å². The van der Waals surface area contributed by atoms with E-state index in [-0.39, 0.29) is 27.8 Å². The van der Waals surface area contributed by atoms with Gasteiger partial charge < -0.3 is 51.3 Å². The van der Waals surface area contributed by atoms with Gasteiger partial charge in [0, 0.05) is 17.2 Å². The van der Waals surface area contributed by atoms with Crippen LogP contribution in [0, 0.1) is 0 Å². The van der Waals surface area contributed by atoms with Crippen molar-refractivity contribution in [1.82, 2.24) is 0 Å². The number of aliphatic hydroxyl groups excluding tert-OH is 4. The summed E-state index contributed by atoms with van der Waals surface area (Å²) >= 11 is 0. The molecule has 0 bridgehead atoms. The largest absolute Gasteiger partial charge is 0.508 e. The molecule has 2 aromatic carbocycles. The Morgan fingerprint density at radius 3 is 2.00 bits per heavy atom. The molecule has 0 saturated carbocycles. The van der Waals surface area contributed by atoms with Gasteiger partial charge in [0.15, 0.2) is 12.1 Å². The number of phenolic OH excluding ortho intramolecular Hbond substituents is 3. The molecule has 0 amide bonds. The summed E-state index contributed by atoms with van der Waals surface area (Å²) in [6, 6.07) is 2.69. The second-order valence-corrected chi connectivity index (χ2v) is 7.57. The molecule has 34 heavy (non-hydrogen) atoms. The Kier molecular flexibility index (Phi) is 6.88. The molecule has 2 aliphatic rings. The molecule has 1 saturated heterocycles. The van der Waals surface area contributed by atoms with Crippen molar-refractivity contribution in [2.75, 3.05) is 6.61 Å². The van der Waals surface area contributed by atoms with Crippen molar-refractivity contribution < 1.29 is 60.0 Å². The number of nitrogens with two attached hydrogens (primary N) is 1. The van der Waals surface area contributed by atoms with Gasteiger partial charge >= 0.3 is 5.97 Å². The van der Waals surface area contributed by atoms with Gasteiger partial charge in [-0.1, -0.05) is 0 Å². The summed E-state index contributed by atoms with van der Waals surface area (Å²) in [6.45, 7) is -0.470. The van der Waals surface area contributed by atoms with Crippen LogP contribution in [0.15, 0.2) is 24.3 Å². The highest BCUT2D eigenvalue weighted by Gasteiger charge is 2.41. The summed E-state index contributed by atoms with van der Waals surface area (Å²) in [5.74, 6) is -4.64. The van der Waals surface area contributed by atoms with Crippen LogP contribution in [0.1, 0.15) is 42.2 Å². The number of phenols is 3. The number of aliphatic hydroxyl groups is 4. The van der Waals surface area contributed by atoms with Crippen molar-refractivity contribution in [1.29, 1.82) is 0 Å². The van der Waals surface area contributed by atoms with Gasteiger partial charge in [-0.3, -0.25) is 9.59 Å². The minimum atomic E-state index is -1.37. The summed E-state index contributed by atoms with van der Waals surface area (Å²) < 4.78 is 4.70. The number of carbonyl (C=O) groups excluding carboxylic acids is 2. The third-order valence-corrected chi connectivity index (χ3v) is 5.36. The van der Waals surface area contributed by atoms with E-state index in [4.69, 9.17) is 25.8 Å². The number of carbonyl (C=O) groups is 3. The van der Waals surface area contributed by atoms with E-state index in [1.54, 1.807) is 0 Å². The third kappa shape index (κ3) is 4.31. The first-order chi connectivity index (χ1) is 15.9. The average Bonchev–Trinajstić information content (AvgIpc) is 2.77. The molecule has 1 fully saturated rings. The van der Waals surface area contributed by atoms with Gasteiger partial charge in [0.1, 0.15) is 35.6 Å². The molecule has 0 radical (unpaired) electrons. The normalized spacial score (nSPS) is 25.6. The highest BCUT2D eigenvalue weighted by molar-refractivity contribution is 6.30. The number of aromatic carboxylic acids is 1. The van der Waals surface area contributed by atoms with Crippen LogP contribution in [0.4, 0.5) is 0 Å². The fraction of sp³-hybridized carbons (Fsp3) is 0.286. The molecule has 1 aliphatic heterocycles. The Morgan fingerprint density at radius 2 is 1.44 bits per heavy atom. The summed E-state index contributed by atoms with van der Waals surface area (Å²) in [6.07, 6.45) is -4.85.